The molecule has 0 aromatic carbocycles. The van der Waals surface area contributed by atoms with E-state index in [2.05, 4.69) is 5.32 Å². The third-order valence-electron chi connectivity index (χ3n) is 3.53. The van der Waals surface area contributed by atoms with Crippen LogP contribution in [0.4, 0.5) is 0 Å². The third kappa shape index (κ3) is 1.74. The lowest BCUT2D eigenvalue weighted by Gasteiger charge is -2.29. The zero-order valence-corrected chi connectivity index (χ0v) is 8.86. The molecule has 2 rings (SSSR count). The fourth-order valence-electron chi connectivity index (χ4n) is 2.46. The predicted octanol–water partition coefficient (Wildman–Crippen LogP) is 0.563. The Morgan fingerprint density at radius 2 is 2.08 bits per heavy atom. The van der Waals surface area contributed by atoms with Crippen molar-refractivity contribution >= 4 is 9.84 Å². The Kier molecular flexibility index (Phi) is 2.15. The van der Waals surface area contributed by atoms with E-state index < -0.39 is 9.84 Å². The van der Waals surface area contributed by atoms with Crippen molar-refractivity contribution in [3.05, 3.63) is 0 Å². The second kappa shape index (κ2) is 2.95. The smallest absolute Gasteiger partial charge is 0.150 e. The summed E-state index contributed by atoms with van der Waals surface area (Å²) in [6, 6.07) is 0. The topological polar surface area (TPSA) is 46.2 Å². The molecule has 76 valence electrons. The van der Waals surface area contributed by atoms with Crippen molar-refractivity contribution < 1.29 is 8.42 Å². The number of hydrogen-bond donors (Lipinski definition) is 1. The van der Waals surface area contributed by atoms with Crippen LogP contribution in [-0.4, -0.2) is 32.5 Å². The van der Waals surface area contributed by atoms with E-state index in [4.69, 9.17) is 0 Å². The van der Waals surface area contributed by atoms with E-state index in [-0.39, 0.29) is 5.54 Å². The Labute approximate surface area is 79.8 Å². The molecule has 0 spiro atoms. The lowest BCUT2D eigenvalue weighted by Crippen LogP contribution is -2.42. The molecule has 1 aliphatic carbocycles. The van der Waals surface area contributed by atoms with Gasteiger partial charge in [0.15, 0.2) is 9.84 Å². The Morgan fingerprint density at radius 1 is 1.38 bits per heavy atom. The fraction of sp³-hybridized carbons (Fsp3) is 1.00. The summed E-state index contributed by atoms with van der Waals surface area (Å²) in [7, 11) is -0.773. The summed E-state index contributed by atoms with van der Waals surface area (Å²) in [5.41, 5.74) is 0.188. The largest absolute Gasteiger partial charge is 0.314 e. The quantitative estimate of drug-likeness (QED) is 0.713. The van der Waals surface area contributed by atoms with Gasteiger partial charge in [-0.25, -0.2) is 8.42 Å². The average Bonchev–Trinajstić information content (AvgIpc) is 2.82. The molecule has 0 aromatic heterocycles. The van der Waals surface area contributed by atoms with Crippen LogP contribution in [0, 0.1) is 5.92 Å². The van der Waals surface area contributed by atoms with Crippen molar-refractivity contribution in [3.63, 3.8) is 0 Å². The standard InChI is InChI=1S/C9H17NO2S/c1-10-9(4-5-9)8-3-2-6-13(11,12)7-8/h8,10H,2-7H2,1H3. The summed E-state index contributed by atoms with van der Waals surface area (Å²) in [5, 5.41) is 3.30. The molecular weight excluding hydrogens is 186 g/mol. The second-order valence-electron chi connectivity index (χ2n) is 4.36. The van der Waals surface area contributed by atoms with E-state index in [0.717, 1.165) is 25.7 Å². The van der Waals surface area contributed by atoms with Crippen molar-refractivity contribution in [2.75, 3.05) is 18.6 Å². The summed E-state index contributed by atoms with van der Waals surface area (Å²) in [6.07, 6.45) is 4.25. The lowest BCUT2D eigenvalue weighted by molar-refractivity contribution is 0.346. The second-order valence-corrected chi connectivity index (χ2v) is 6.59. The first kappa shape index (κ1) is 9.46. The third-order valence-corrected chi connectivity index (χ3v) is 5.35. The lowest BCUT2D eigenvalue weighted by atomic mass is 9.94. The molecule has 4 heteroatoms. The summed E-state index contributed by atoms with van der Waals surface area (Å²) in [6.45, 7) is 0. The molecule has 0 aromatic rings. The van der Waals surface area contributed by atoms with E-state index in [0.29, 0.717) is 17.4 Å². The fourth-order valence-corrected chi connectivity index (χ4v) is 4.33. The zero-order chi connectivity index (χ0) is 9.53. The first-order valence-corrected chi connectivity index (χ1v) is 6.79. The molecule has 0 radical (unpaired) electrons. The maximum atomic E-state index is 11.4. The van der Waals surface area contributed by atoms with Gasteiger partial charge in [0.05, 0.1) is 11.5 Å². The minimum atomic E-state index is -2.73. The van der Waals surface area contributed by atoms with Gasteiger partial charge in [0, 0.05) is 5.54 Å². The van der Waals surface area contributed by atoms with Crippen molar-refractivity contribution in [3.8, 4) is 0 Å². The first-order chi connectivity index (χ1) is 6.08. The van der Waals surface area contributed by atoms with Gasteiger partial charge in [-0.15, -0.1) is 0 Å². The first-order valence-electron chi connectivity index (χ1n) is 4.97. The minimum Gasteiger partial charge on any atom is -0.314 e. The van der Waals surface area contributed by atoms with E-state index in [1.165, 1.54) is 0 Å². The van der Waals surface area contributed by atoms with Crippen LogP contribution in [-0.2, 0) is 9.84 Å². The van der Waals surface area contributed by atoms with E-state index in [1.54, 1.807) is 0 Å². The normalized spacial score (nSPS) is 35.6. The molecule has 1 atom stereocenters. The molecule has 1 aliphatic heterocycles. The van der Waals surface area contributed by atoms with Gasteiger partial charge in [-0.2, -0.15) is 0 Å². The summed E-state index contributed by atoms with van der Waals surface area (Å²) in [4.78, 5) is 0. The summed E-state index contributed by atoms with van der Waals surface area (Å²) in [5.74, 6) is 1.19. The molecule has 1 saturated carbocycles. The zero-order valence-electron chi connectivity index (χ0n) is 8.04. The highest BCUT2D eigenvalue weighted by Gasteiger charge is 2.49. The van der Waals surface area contributed by atoms with Gasteiger partial charge in [-0.05, 0) is 38.6 Å². The molecule has 1 N–H and O–H groups in total. The molecule has 1 saturated heterocycles. The van der Waals surface area contributed by atoms with Gasteiger partial charge in [0.2, 0.25) is 0 Å². The minimum absolute atomic E-state index is 0.188. The molecule has 3 nitrogen and oxygen atoms in total. The molecular formula is C9H17NO2S. The molecule has 2 fully saturated rings. The SMILES string of the molecule is CNC1(C2CCCS(=O)(=O)C2)CC1. The van der Waals surface area contributed by atoms with Crippen molar-refractivity contribution in [1.29, 1.82) is 0 Å². The maximum Gasteiger partial charge on any atom is 0.150 e. The maximum absolute atomic E-state index is 11.4. The number of rotatable bonds is 2. The number of sulfone groups is 1. The van der Waals surface area contributed by atoms with Crippen LogP contribution in [0.3, 0.4) is 0 Å². The highest BCUT2D eigenvalue weighted by atomic mass is 32.2. The van der Waals surface area contributed by atoms with Crippen LogP contribution in [0.15, 0.2) is 0 Å². The number of nitrogens with one attached hydrogen (secondary N) is 1. The van der Waals surface area contributed by atoms with Crippen molar-refractivity contribution in [2.24, 2.45) is 5.92 Å². The molecule has 1 unspecified atom stereocenters. The van der Waals surface area contributed by atoms with Crippen LogP contribution >= 0.6 is 0 Å². The Balaban J connectivity index is 2.09. The van der Waals surface area contributed by atoms with E-state index >= 15 is 0 Å². The molecule has 1 heterocycles. The molecule has 2 aliphatic rings. The van der Waals surface area contributed by atoms with Gasteiger partial charge in [-0.1, -0.05) is 0 Å². The van der Waals surface area contributed by atoms with Gasteiger partial charge in [-0.3, -0.25) is 0 Å². The average molecular weight is 203 g/mol. The Bertz CT molecular complexity index is 293. The molecule has 0 amide bonds. The van der Waals surface area contributed by atoms with Gasteiger partial charge in [0.25, 0.3) is 0 Å². The van der Waals surface area contributed by atoms with Crippen molar-refractivity contribution in [2.45, 2.75) is 31.2 Å². The van der Waals surface area contributed by atoms with Crippen LogP contribution < -0.4 is 5.32 Å². The molecule has 13 heavy (non-hydrogen) atoms. The van der Waals surface area contributed by atoms with Crippen LogP contribution in [0.1, 0.15) is 25.7 Å². The Hall–Kier alpha value is -0.0900. The van der Waals surface area contributed by atoms with Crippen LogP contribution in [0.5, 0.6) is 0 Å². The van der Waals surface area contributed by atoms with Crippen molar-refractivity contribution in [1.82, 2.24) is 5.32 Å². The molecule has 0 bridgehead atoms. The monoisotopic (exact) mass is 203 g/mol. The van der Waals surface area contributed by atoms with Gasteiger partial charge in [0.1, 0.15) is 0 Å². The van der Waals surface area contributed by atoms with Crippen LogP contribution in [0.25, 0.3) is 0 Å². The van der Waals surface area contributed by atoms with Gasteiger partial charge < -0.3 is 5.32 Å². The van der Waals surface area contributed by atoms with E-state index in [1.807, 2.05) is 7.05 Å². The highest BCUT2D eigenvalue weighted by molar-refractivity contribution is 7.91. The van der Waals surface area contributed by atoms with E-state index in [9.17, 15) is 8.42 Å². The highest BCUT2D eigenvalue weighted by Crippen LogP contribution is 2.45. The summed E-state index contributed by atoms with van der Waals surface area (Å²) < 4.78 is 22.8. The van der Waals surface area contributed by atoms with Gasteiger partial charge >= 0.3 is 0 Å². The van der Waals surface area contributed by atoms with Crippen LogP contribution in [0.2, 0.25) is 0 Å². The Morgan fingerprint density at radius 3 is 2.54 bits per heavy atom. The summed E-state index contributed by atoms with van der Waals surface area (Å²) >= 11 is 0. The number of hydrogen-bond acceptors (Lipinski definition) is 3. The predicted molar refractivity (Wildman–Crippen MR) is 52.4 cm³/mol.